The summed E-state index contributed by atoms with van der Waals surface area (Å²) in [6.07, 6.45) is -0.447. The average molecular weight is 257 g/mol. The number of hydrogen-bond donors (Lipinski definition) is 2. The van der Waals surface area contributed by atoms with Crippen LogP contribution >= 0.6 is 11.3 Å². The van der Waals surface area contributed by atoms with E-state index in [0.29, 0.717) is 4.88 Å². The second kappa shape index (κ2) is 6.36. The Kier molecular flexibility index (Phi) is 5.11. The summed E-state index contributed by atoms with van der Waals surface area (Å²) in [4.78, 5) is 24.2. The van der Waals surface area contributed by atoms with Gasteiger partial charge in [0.05, 0.1) is 18.5 Å². The van der Waals surface area contributed by atoms with Gasteiger partial charge in [0.25, 0.3) is 5.91 Å². The molecule has 0 saturated heterocycles. The Morgan fingerprint density at radius 2 is 2.24 bits per heavy atom. The first-order valence-electron chi connectivity index (χ1n) is 5.21. The maximum atomic E-state index is 11.6. The lowest BCUT2D eigenvalue weighted by Gasteiger charge is -2.08. The maximum Gasteiger partial charge on any atom is 0.336 e. The third-order valence-corrected chi connectivity index (χ3v) is 3.39. The number of amides is 1. The minimum Gasteiger partial charge on any atom is -0.467 e. The Hall–Kier alpha value is -1.40. The predicted molar refractivity (Wildman–Crippen MR) is 64.1 cm³/mol. The van der Waals surface area contributed by atoms with Crippen LogP contribution in [0, 0.1) is 0 Å². The number of carbonyl (C=O) groups is 2. The van der Waals surface area contributed by atoms with Gasteiger partial charge in [0.1, 0.15) is 0 Å². The Labute approximate surface area is 103 Å². The Morgan fingerprint density at radius 3 is 2.76 bits per heavy atom. The molecule has 1 amide bonds. The lowest BCUT2D eigenvalue weighted by Crippen LogP contribution is -2.36. The maximum absolute atomic E-state index is 11.6. The van der Waals surface area contributed by atoms with Crippen LogP contribution in [0.2, 0.25) is 0 Å². The SMILES string of the molecule is CCc1ccc(C(=O)NCC(O)C(=O)OC)s1. The number of hydrogen-bond acceptors (Lipinski definition) is 5. The van der Waals surface area contributed by atoms with Crippen LogP contribution in [0.5, 0.6) is 0 Å². The first kappa shape index (κ1) is 13.7. The molecule has 0 aliphatic rings. The van der Waals surface area contributed by atoms with Crippen LogP contribution in [-0.2, 0) is 16.0 Å². The third kappa shape index (κ3) is 3.83. The molecule has 1 aromatic heterocycles. The van der Waals surface area contributed by atoms with E-state index in [2.05, 4.69) is 10.1 Å². The number of rotatable bonds is 5. The third-order valence-electron chi connectivity index (χ3n) is 2.16. The van der Waals surface area contributed by atoms with Crippen molar-refractivity contribution in [1.29, 1.82) is 0 Å². The fourth-order valence-corrected chi connectivity index (χ4v) is 2.05. The van der Waals surface area contributed by atoms with E-state index in [1.54, 1.807) is 6.07 Å². The van der Waals surface area contributed by atoms with Crippen LogP contribution < -0.4 is 5.32 Å². The second-order valence-corrected chi connectivity index (χ2v) is 4.54. The molecule has 5 nitrogen and oxygen atoms in total. The number of aryl methyl sites for hydroxylation is 1. The van der Waals surface area contributed by atoms with Gasteiger partial charge in [-0.15, -0.1) is 11.3 Å². The Bertz CT molecular complexity index is 402. The van der Waals surface area contributed by atoms with E-state index < -0.39 is 12.1 Å². The summed E-state index contributed by atoms with van der Waals surface area (Å²) in [5.41, 5.74) is 0. The molecule has 1 rings (SSSR count). The smallest absolute Gasteiger partial charge is 0.336 e. The number of esters is 1. The van der Waals surface area contributed by atoms with Crippen molar-refractivity contribution >= 4 is 23.2 Å². The molecular weight excluding hydrogens is 242 g/mol. The number of aliphatic hydroxyl groups is 1. The number of carbonyl (C=O) groups excluding carboxylic acids is 2. The highest BCUT2D eigenvalue weighted by molar-refractivity contribution is 7.14. The van der Waals surface area contributed by atoms with Crippen molar-refractivity contribution in [2.45, 2.75) is 19.4 Å². The summed E-state index contributed by atoms with van der Waals surface area (Å²) in [5.74, 6) is -1.05. The van der Waals surface area contributed by atoms with Crippen LogP contribution in [-0.4, -0.2) is 36.7 Å². The Morgan fingerprint density at radius 1 is 1.53 bits per heavy atom. The summed E-state index contributed by atoms with van der Waals surface area (Å²) < 4.78 is 4.33. The van der Waals surface area contributed by atoms with Crippen LogP contribution in [0.1, 0.15) is 21.5 Å². The minimum atomic E-state index is -1.32. The predicted octanol–water partition coefficient (Wildman–Crippen LogP) is 0.574. The van der Waals surface area contributed by atoms with E-state index >= 15 is 0 Å². The van der Waals surface area contributed by atoms with E-state index in [4.69, 9.17) is 0 Å². The molecule has 0 radical (unpaired) electrons. The molecule has 0 aromatic carbocycles. The van der Waals surface area contributed by atoms with Gasteiger partial charge in [0.15, 0.2) is 6.10 Å². The Balaban J connectivity index is 2.47. The van der Waals surface area contributed by atoms with E-state index in [-0.39, 0.29) is 12.5 Å². The number of aliphatic hydroxyl groups excluding tert-OH is 1. The zero-order chi connectivity index (χ0) is 12.8. The van der Waals surface area contributed by atoms with Gasteiger partial charge in [-0.1, -0.05) is 6.92 Å². The highest BCUT2D eigenvalue weighted by Crippen LogP contribution is 2.16. The molecule has 1 aromatic rings. The lowest BCUT2D eigenvalue weighted by atomic mass is 10.3. The molecule has 6 heteroatoms. The van der Waals surface area contributed by atoms with Crippen molar-refractivity contribution in [3.05, 3.63) is 21.9 Å². The molecule has 0 saturated carbocycles. The molecule has 0 fully saturated rings. The molecule has 0 spiro atoms. The summed E-state index contributed by atoms with van der Waals surface area (Å²) in [6.45, 7) is 1.86. The van der Waals surface area contributed by atoms with Gasteiger partial charge in [-0.25, -0.2) is 4.79 Å². The minimum absolute atomic E-state index is 0.148. The largest absolute Gasteiger partial charge is 0.467 e. The first-order valence-corrected chi connectivity index (χ1v) is 6.03. The average Bonchev–Trinajstić information content (AvgIpc) is 2.83. The van der Waals surface area contributed by atoms with Crippen molar-refractivity contribution in [1.82, 2.24) is 5.32 Å². The molecule has 1 heterocycles. The van der Waals surface area contributed by atoms with Gasteiger partial charge in [-0.05, 0) is 18.6 Å². The number of ether oxygens (including phenoxy) is 1. The summed E-state index contributed by atoms with van der Waals surface area (Å²) in [6, 6.07) is 3.61. The van der Waals surface area contributed by atoms with Gasteiger partial charge >= 0.3 is 5.97 Å². The monoisotopic (exact) mass is 257 g/mol. The van der Waals surface area contributed by atoms with E-state index in [1.807, 2.05) is 13.0 Å². The van der Waals surface area contributed by atoms with Gasteiger partial charge in [0.2, 0.25) is 0 Å². The van der Waals surface area contributed by atoms with E-state index in [1.165, 1.54) is 18.4 Å². The lowest BCUT2D eigenvalue weighted by molar-refractivity contribution is -0.149. The molecule has 0 aliphatic heterocycles. The summed E-state index contributed by atoms with van der Waals surface area (Å²) in [5, 5.41) is 11.8. The molecule has 1 atom stereocenters. The van der Waals surface area contributed by atoms with Crippen LogP contribution in [0.3, 0.4) is 0 Å². The van der Waals surface area contributed by atoms with Crippen molar-refractivity contribution < 1.29 is 19.4 Å². The molecule has 17 heavy (non-hydrogen) atoms. The van der Waals surface area contributed by atoms with Crippen molar-refractivity contribution in [3.63, 3.8) is 0 Å². The first-order chi connectivity index (χ1) is 8.08. The molecule has 2 N–H and O–H groups in total. The van der Waals surface area contributed by atoms with Crippen molar-refractivity contribution in [2.75, 3.05) is 13.7 Å². The van der Waals surface area contributed by atoms with E-state index in [9.17, 15) is 14.7 Å². The quantitative estimate of drug-likeness (QED) is 0.756. The van der Waals surface area contributed by atoms with E-state index in [0.717, 1.165) is 11.3 Å². The zero-order valence-electron chi connectivity index (χ0n) is 9.73. The molecule has 94 valence electrons. The van der Waals surface area contributed by atoms with Gasteiger partial charge in [-0.2, -0.15) is 0 Å². The molecular formula is C11H15NO4S. The van der Waals surface area contributed by atoms with Crippen molar-refractivity contribution in [3.8, 4) is 0 Å². The van der Waals surface area contributed by atoms with Gasteiger partial charge < -0.3 is 15.2 Å². The molecule has 0 bridgehead atoms. The van der Waals surface area contributed by atoms with Crippen LogP contribution in [0.15, 0.2) is 12.1 Å². The normalized spacial score (nSPS) is 11.9. The highest BCUT2D eigenvalue weighted by atomic mass is 32.1. The standard InChI is InChI=1S/C11H15NO4S/c1-3-7-4-5-9(17-7)10(14)12-6-8(13)11(15)16-2/h4-5,8,13H,3,6H2,1-2H3,(H,12,14). The topological polar surface area (TPSA) is 75.6 Å². The zero-order valence-corrected chi connectivity index (χ0v) is 10.5. The summed E-state index contributed by atoms with van der Waals surface area (Å²) in [7, 11) is 1.18. The molecule has 0 aliphatic carbocycles. The van der Waals surface area contributed by atoms with Gasteiger partial charge in [-0.3, -0.25) is 4.79 Å². The number of nitrogens with one attached hydrogen (secondary N) is 1. The molecule has 1 unspecified atom stereocenters. The summed E-state index contributed by atoms with van der Waals surface area (Å²) >= 11 is 1.40. The van der Waals surface area contributed by atoms with Crippen LogP contribution in [0.25, 0.3) is 0 Å². The highest BCUT2D eigenvalue weighted by Gasteiger charge is 2.17. The number of thiophene rings is 1. The van der Waals surface area contributed by atoms with Gasteiger partial charge in [0, 0.05) is 4.88 Å². The second-order valence-electron chi connectivity index (χ2n) is 3.37. The van der Waals surface area contributed by atoms with Crippen molar-refractivity contribution in [2.24, 2.45) is 0 Å². The fourth-order valence-electron chi connectivity index (χ4n) is 1.19. The number of methoxy groups -OCH3 is 1. The van der Waals surface area contributed by atoms with Crippen LogP contribution in [0.4, 0.5) is 0 Å². The fraction of sp³-hybridized carbons (Fsp3) is 0.455.